The van der Waals surface area contributed by atoms with Crippen molar-refractivity contribution >= 4 is 17.3 Å². The average molecular weight is 383 g/mol. The monoisotopic (exact) mass is 382 g/mol. The highest BCUT2D eigenvalue weighted by Gasteiger charge is 2.13. The molecule has 2 aromatic heterocycles. The Hall–Kier alpha value is -3.59. The first-order valence-electron chi connectivity index (χ1n) is 7.81. The summed E-state index contributed by atoms with van der Waals surface area (Å²) in [4.78, 5) is 18.9. The average Bonchev–Trinajstić information content (AvgIpc) is 3.32. The molecule has 0 aliphatic heterocycles. The minimum Gasteiger partial charge on any atom is -0.337 e. The van der Waals surface area contributed by atoms with E-state index in [1.165, 1.54) is 23.1 Å². The molecule has 134 valence electrons. The van der Waals surface area contributed by atoms with Gasteiger partial charge in [-0.2, -0.15) is 10.1 Å². The van der Waals surface area contributed by atoms with Gasteiger partial charge in [0.05, 0.1) is 4.92 Å². The van der Waals surface area contributed by atoms with E-state index in [4.69, 9.17) is 16.1 Å². The van der Waals surface area contributed by atoms with Crippen LogP contribution < -0.4 is 0 Å². The van der Waals surface area contributed by atoms with Crippen LogP contribution in [0.5, 0.6) is 0 Å². The van der Waals surface area contributed by atoms with Crippen molar-refractivity contribution < 1.29 is 9.45 Å². The van der Waals surface area contributed by atoms with Crippen LogP contribution in [0.4, 0.5) is 5.69 Å². The van der Waals surface area contributed by atoms with E-state index in [2.05, 4.69) is 20.2 Å². The van der Waals surface area contributed by atoms with Crippen LogP contribution in [0.1, 0.15) is 5.89 Å². The number of nitrogens with zero attached hydrogens (tertiary/aromatic N) is 6. The number of halogens is 1. The topological polar surface area (TPSA) is 113 Å². The SMILES string of the molecule is O=[N+]([O-])c1cccc(-c2ncn(Cc3nc(-c4cccc(Cl)c4)no3)n2)c1. The smallest absolute Gasteiger partial charge is 0.270 e. The van der Waals surface area contributed by atoms with Gasteiger partial charge in [0.25, 0.3) is 5.69 Å². The molecule has 0 atom stereocenters. The third-order valence-electron chi connectivity index (χ3n) is 3.70. The molecule has 0 radical (unpaired) electrons. The molecule has 0 saturated heterocycles. The zero-order valence-corrected chi connectivity index (χ0v) is 14.4. The summed E-state index contributed by atoms with van der Waals surface area (Å²) in [6, 6.07) is 13.3. The van der Waals surface area contributed by atoms with E-state index >= 15 is 0 Å². The Bertz CT molecular complexity index is 1120. The van der Waals surface area contributed by atoms with E-state index in [0.717, 1.165) is 5.56 Å². The Balaban J connectivity index is 1.53. The lowest BCUT2D eigenvalue weighted by Gasteiger charge is -1.96. The Morgan fingerprint density at radius 2 is 1.89 bits per heavy atom. The summed E-state index contributed by atoms with van der Waals surface area (Å²) in [7, 11) is 0. The number of aromatic nitrogens is 5. The van der Waals surface area contributed by atoms with Crippen LogP contribution in [-0.2, 0) is 6.54 Å². The maximum atomic E-state index is 10.9. The van der Waals surface area contributed by atoms with Gasteiger partial charge in [-0.1, -0.05) is 41.0 Å². The van der Waals surface area contributed by atoms with Crippen molar-refractivity contribution in [1.82, 2.24) is 24.9 Å². The molecule has 4 aromatic rings. The van der Waals surface area contributed by atoms with Gasteiger partial charge in [0.1, 0.15) is 12.9 Å². The minimum atomic E-state index is -0.462. The molecule has 2 aromatic carbocycles. The highest BCUT2D eigenvalue weighted by Crippen LogP contribution is 2.22. The molecule has 27 heavy (non-hydrogen) atoms. The van der Waals surface area contributed by atoms with Crippen molar-refractivity contribution in [3.05, 3.63) is 75.9 Å². The van der Waals surface area contributed by atoms with Gasteiger partial charge in [0.15, 0.2) is 5.82 Å². The van der Waals surface area contributed by atoms with E-state index in [1.807, 2.05) is 6.07 Å². The van der Waals surface area contributed by atoms with Gasteiger partial charge in [0, 0.05) is 28.3 Å². The van der Waals surface area contributed by atoms with E-state index in [1.54, 1.807) is 30.3 Å². The van der Waals surface area contributed by atoms with Crippen LogP contribution in [0.15, 0.2) is 59.4 Å². The summed E-state index contributed by atoms with van der Waals surface area (Å²) in [5.74, 6) is 1.14. The summed E-state index contributed by atoms with van der Waals surface area (Å²) in [6.07, 6.45) is 1.50. The summed E-state index contributed by atoms with van der Waals surface area (Å²) >= 11 is 5.97. The maximum absolute atomic E-state index is 10.9. The van der Waals surface area contributed by atoms with Gasteiger partial charge in [0.2, 0.25) is 11.7 Å². The van der Waals surface area contributed by atoms with Crippen LogP contribution in [0.25, 0.3) is 22.8 Å². The van der Waals surface area contributed by atoms with E-state index < -0.39 is 4.92 Å². The van der Waals surface area contributed by atoms with Gasteiger partial charge in [-0.3, -0.25) is 10.1 Å². The fraction of sp³-hybridized carbons (Fsp3) is 0.0588. The molecule has 0 fully saturated rings. The van der Waals surface area contributed by atoms with Crippen LogP contribution >= 0.6 is 11.6 Å². The van der Waals surface area contributed by atoms with Crippen molar-refractivity contribution in [3.63, 3.8) is 0 Å². The highest BCUT2D eigenvalue weighted by molar-refractivity contribution is 6.30. The Morgan fingerprint density at radius 1 is 1.11 bits per heavy atom. The van der Waals surface area contributed by atoms with Crippen LogP contribution in [-0.4, -0.2) is 29.8 Å². The Kier molecular flexibility index (Phi) is 4.35. The molecule has 0 spiro atoms. The molecule has 0 aliphatic rings. The van der Waals surface area contributed by atoms with Gasteiger partial charge in [-0.05, 0) is 12.1 Å². The molecule has 0 aliphatic carbocycles. The molecule has 2 heterocycles. The van der Waals surface area contributed by atoms with Crippen molar-refractivity contribution in [1.29, 1.82) is 0 Å². The van der Waals surface area contributed by atoms with Gasteiger partial charge in [-0.25, -0.2) is 9.67 Å². The van der Waals surface area contributed by atoms with Gasteiger partial charge >= 0.3 is 0 Å². The number of rotatable bonds is 5. The second-order valence-electron chi connectivity index (χ2n) is 5.60. The zero-order valence-electron chi connectivity index (χ0n) is 13.7. The first-order valence-corrected chi connectivity index (χ1v) is 8.19. The van der Waals surface area contributed by atoms with Gasteiger partial charge < -0.3 is 4.52 Å². The Morgan fingerprint density at radius 3 is 2.67 bits per heavy atom. The number of non-ortho nitro benzene ring substituents is 1. The molecule has 9 nitrogen and oxygen atoms in total. The van der Waals surface area contributed by atoms with Crippen LogP contribution in [0.2, 0.25) is 5.02 Å². The van der Waals surface area contributed by atoms with Crippen molar-refractivity contribution in [2.45, 2.75) is 6.54 Å². The first-order chi connectivity index (χ1) is 13.1. The minimum absolute atomic E-state index is 0.0214. The normalized spacial score (nSPS) is 10.9. The molecule has 0 unspecified atom stereocenters. The van der Waals surface area contributed by atoms with Crippen LogP contribution in [0, 0.1) is 10.1 Å². The quantitative estimate of drug-likeness (QED) is 0.382. The predicted octanol–water partition coefficient (Wildman–Crippen LogP) is 3.61. The lowest BCUT2D eigenvalue weighted by atomic mass is 10.2. The number of hydrogen-bond acceptors (Lipinski definition) is 7. The zero-order chi connectivity index (χ0) is 18.8. The molecule has 0 amide bonds. The predicted molar refractivity (Wildman–Crippen MR) is 96.0 cm³/mol. The number of nitro groups is 1. The van der Waals surface area contributed by atoms with Crippen molar-refractivity contribution in [3.8, 4) is 22.8 Å². The van der Waals surface area contributed by atoms with Crippen molar-refractivity contribution in [2.24, 2.45) is 0 Å². The standard InChI is InChI=1S/C17H11ClN6O3/c18-13-5-1-3-11(7-13)17-20-15(27-22-17)9-23-10-19-16(21-23)12-4-2-6-14(8-12)24(25)26/h1-8,10H,9H2. The van der Waals surface area contributed by atoms with E-state index in [-0.39, 0.29) is 12.2 Å². The highest BCUT2D eigenvalue weighted by atomic mass is 35.5. The second kappa shape index (κ2) is 6.96. The lowest BCUT2D eigenvalue weighted by molar-refractivity contribution is -0.384. The fourth-order valence-corrected chi connectivity index (χ4v) is 2.65. The first kappa shape index (κ1) is 16.9. The third kappa shape index (κ3) is 3.67. The van der Waals surface area contributed by atoms with Gasteiger partial charge in [-0.15, -0.1) is 0 Å². The number of hydrogen-bond donors (Lipinski definition) is 0. The number of nitro benzene ring substituents is 1. The molecular weight excluding hydrogens is 372 g/mol. The second-order valence-corrected chi connectivity index (χ2v) is 6.03. The molecule has 0 bridgehead atoms. The summed E-state index contributed by atoms with van der Waals surface area (Å²) in [6.45, 7) is 0.218. The third-order valence-corrected chi connectivity index (χ3v) is 3.93. The summed E-state index contributed by atoms with van der Waals surface area (Å²) in [5.41, 5.74) is 1.27. The molecule has 0 N–H and O–H groups in total. The van der Waals surface area contributed by atoms with E-state index in [0.29, 0.717) is 28.1 Å². The van der Waals surface area contributed by atoms with Crippen molar-refractivity contribution in [2.75, 3.05) is 0 Å². The fourth-order valence-electron chi connectivity index (χ4n) is 2.46. The molecular formula is C17H11ClN6O3. The number of benzene rings is 2. The summed E-state index contributed by atoms with van der Waals surface area (Å²) in [5, 5.41) is 19.7. The molecule has 10 heteroatoms. The van der Waals surface area contributed by atoms with Crippen LogP contribution in [0.3, 0.4) is 0 Å². The summed E-state index contributed by atoms with van der Waals surface area (Å²) < 4.78 is 6.76. The largest absolute Gasteiger partial charge is 0.337 e. The maximum Gasteiger partial charge on any atom is 0.270 e. The lowest BCUT2D eigenvalue weighted by Crippen LogP contribution is -2.00. The molecule has 0 saturated carbocycles. The Labute approximate surface area is 157 Å². The molecule has 4 rings (SSSR count). The van der Waals surface area contributed by atoms with E-state index in [9.17, 15) is 10.1 Å².